The molecular weight excluding hydrogens is 288 g/mol. The predicted molar refractivity (Wildman–Crippen MR) is 82.5 cm³/mol. The van der Waals surface area contributed by atoms with Gasteiger partial charge in [-0.05, 0) is 18.1 Å². The summed E-state index contributed by atoms with van der Waals surface area (Å²) in [7, 11) is -3.26. The van der Waals surface area contributed by atoms with Gasteiger partial charge in [-0.3, -0.25) is 4.98 Å². The molecule has 1 aliphatic heterocycles. The summed E-state index contributed by atoms with van der Waals surface area (Å²) < 4.78 is 30.8. The summed E-state index contributed by atoms with van der Waals surface area (Å²) in [6, 6.07) is 3.87. The number of pyridine rings is 1. The minimum Gasteiger partial charge on any atom is -0.380 e. The normalized spacial score (nSPS) is 20.1. The fourth-order valence-corrected chi connectivity index (χ4v) is 3.50. The average Bonchev–Trinajstić information content (AvgIpc) is 2.87. The van der Waals surface area contributed by atoms with Crippen LogP contribution in [0.15, 0.2) is 18.3 Å². The van der Waals surface area contributed by atoms with E-state index in [1.54, 1.807) is 6.20 Å². The molecule has 1 aromatic rings. The lowest BCUT2D eigenvalue weighted by atomic mass is 9.91. The Morgan fingerprint density at radius 2 is 2.10 bits per heavy atom. The molecule has 6 heteroatoms. The van der Waals surface area contributed by atoms with Crippen LogP contribution in [-0.4, -0.2) is 43.2 Å². The number of hydrogen-bond donors (Lipinski definition) is 0. The summed E-state index contributed by atoms with van der Waals surface area (Å²) in [5.41, 5.74) is 1.90. The van der Waals surface area contributed by atoms with E-state index in [1.165, 1.54) is 10.6 Å². The van der Waals surface area contributed by atoms with E-state index in [4.69, 9.17) is 4.74 Å². The van der Waals surface area contributed by atoms with Crippen molar-refractivity contribution in [3.8, 4) is 0 Å². The number of aromatic nitrogens is 1. The second-order valence-corrected chi connectivity index (χ2v) is 8.56. The third-order valence-electron chi connectivity index (χ3n) is 3.67. The van der Waals surface area contributed by atoms with Gasteiger partial charge >= 0.3 is 0 Å². The zero-order valence-electron chi connectivity index (χ0n) is 13.2. The Hall–Kier alpha value is -0.980. The molecule has 1 unspecified atom stereocenters. The van der Waals surface area contributed by atoms with Crippen LogP contribution in [0, 0.1) is 0 Å². The van der Waals surface area contributed by atoms with Crippen molar-refractivity contribution in [2.24, 2.45) is 0 Å². The Morgan fingerprint density at radius 3 is 2.52 bits per heavy atom. The van der Waals surface area contributed by atoms with E-state index in [2.05, 4.69) is 25.8 Å². The van der Waals surface area contributed by atoms with Gasteiger partial charge < -0.3 is 4.74 Å². The number of rotatable bonds is 4. The maximum Gasteiger partial charge on any atom is 0.211 e. The van der Waals surface area contributed by atoms with Gasteiger partial charge in [-0.15, -0.1) is 0 Å². The Bertz CT molecular complexity index is 570. The van der Waals surface area contributed by atoms with Gasteiger partial charge in [0.1, 0.15) is 0 Å². The predicted octanol–water partition coefficient (Wildman–Crippen LogP) is 1.93. The molecule has 1 atom stereocenters. The summed E-state index contributed by atoms with van der Waals surface area (Å²) in [5.74, 6) is 0. The van der Waals surface area contributed by atoms with E-state index < -0.39 is 10.0 Å². The Balaban J connectivity index is 2.17. The highest BCUT2D eigenvalue weighted by atomic mass is 32.2. The van der Waals surface area contributed by atoms with E-state index in [0.717, 1.165) is 17.7 Å². The molecule has 0 bridgehead atoms. The molecule has 0 aliphatic carbocycles. The third kappa shape index (κ3) is 4.25. The van der Waals surface area contributed by atoms with Crippen molar-refractivity contribution in [3.05, 3.63) is 29.6 Å². The van der Waals surface area contributed by atoms with Crippen LogP contribution in [0.2, 0.25) is 0 Å². The zero-order chi connectivity index (χ0) is 15.7. The molecule has 2 rings (SSSR count). The zero-order valence-corrected chi connectivity index (χ0v) is 14.0. The van der Waals surface area contributed by atoms with E-state index in [1.807, 2.05) is 12.1 Å². The third-order valence-corrected chi connectivity index (χ3v) is 4.95. The van der Waals surface area contributed by atoms with Gasteiger partial charge in [0.05, 0.1) is 18.9 Å². The first-order valence-electron chi connectivity index (χ1n) is 7.18. The first-order valence-corrected chi connectivity index (χ1v) is 9.03. The van der Waals surface area contributed by atoms with E-state index >= 15 is 0 Å². The molecule has 1 saturated heterocycles. The van der Waals surface area contributed by atoms with Gasteiger partial charge in [0.2, 0.25) is 10.0 Å². The summed E-state index contributed by atoms with van der Waals surface area (Å²) in [5, 5.41) is 0. The fourth-order valence-electron chi connectivity index (χ4n) is 2.41. The van der Waals surface area contributed by atoms with Crippen molar-refractivity contribution >= 4 is 10.0 Å². The van der Waals surface area contributed by atoms with Crippen LogP contribution in [0.3, 0.4) is 0 Å². The summed E-state index contributed by atoms with van der Waals surface area (Å²) in [6.45, 7) is 7.76. The van der Waals surface area contributed by atoms with Crippen molar-refractivity contribution in [1.82, 2.24) is 9.29 Å². The molecule has 1 aromatic heterocycles. The second kappa shape index (κ2) is 6.02. The first kappa shape index (κ1) is 16.4. The highest BCUT2D eigenvalue weighted by molar-refractivity contribution is 7.88. The first-order chi connectivity index (χ1) is 9.68. The molecule has 21 heavy (non-hydrogen) atoms. The Kier molecular flexibility index (Phi) is 4.70. The monoisotopic (exact) mass is 312 g/mol. The summed E-state index contributed by atoms with van der Waals surface area (Å²) in [6.07, 6.45) is 3.78. The van der Waals surface area contributed by atoms with Crippen molar-refractivity contribution < 1.29 is 13.2 Å². The maximum atomic E-state index is 12.0. The highest BCUT2D eigenvalue weighted by Crippen LogP contribution is 2.22. The SMILES string of the molecule is CC(C)(C)c1ccc(CN(C2CCOC2)S(C)(=O)=O)cn1. The molecule has 0 spiro atoms. The van der Waals surface area contributed by atoms with Crippen LogP contribution < -0.4 is 0 Å². The number of ether oxygens (including phenoxy) is 1. The highest BCUT2D eigenvalue weighted by Gasteiger charge is 2.30. The smallest absolute Gasteiger partial charge is 0.211 e. The quantitative estimate of drug-likeness (QED) is 0.852. The van der Waals surface area contributed by atoms with Crippen LogP contribution >= 0.6 is 0 Å². The fraction of sp³-hybridized carbons (Fsp3) is 0.667. The van der Waals surface area contributed by atoms with Crippen molar-refractivity contribution in [1.29, 1.82) is 0 Å². The molecule has 0 N–H and O–H groups in total. The van der Waals surface area contributed by atoms with E-state index in [9.17, 15) is 8.42 Å². The minimum absolute atomic E-state index is 0.00561. The number of sulfonamides is 1. The lowest BCUT2D eigenvalue weighted by Gasteiger charge is -2.25. The van der Waals surface area contributed by atoms with Crippen LogP contribution in [0.1, 0.15) is 38.4 Å². The average molecular weight is 312 g/mol. The lowest BCUT2D eigenvalue weighted by Crippen LogP contribution is -2.39. The Morgan fingerprint density at radius 1 is 1.38 bits per heavy atom. The molecule has 5 nitrogen and oxygen atoms in total. The number of hydrogen-bond acceptors (Lipinski definition) is 4. The van der Waals surface area contributed by atoms with Gasteiger partial charge in [0.25, 0.3) is 0 Å². The molecule has 0 radical (unpaired) electrons. The summed E-state index contributed by atoms with van der Waals surface area (Å²) in [4.78, 5) is 4.46. The van der Waals surface area contributed by atoms with Gasteiger partial charge in [0.15, 0.2) is 0 Å². The molecule has 118 valence electrons. The van der Waals surface area contributed by atoms with Crippen LogP contribution in [0.25, 0.3) is 0 Å². The molecule has 0 amide bonds. The van der Waals surface area contributed by atoms with Crippen molar-refractivity contribution in [3.63, 3.8) is 0 Å². The van der Waals surface area contributed by atoms with Crippen LogP contribution in [0.5, 0.6) is 0 Å². The largest absolute Gasteiger partial charge is 0.380 e. The molecule has 1 fully saturated rings. The van der Waals surface area contributed by atoms with Crippen molar-refractivity contribution in [2.75, 3.05) is 19.5 Å². The second-order valence-electron chi connectivity index (χ2n) is 6.63. The summed E-state index contributed by atoms with van der Waals surface area (Å²) >= 11 is 0. The van der Waals surface area contributed by atoms with Crippen LogP contribution in [-0.2, 0) is 26.7 Å². The van der Waals surface area contributed by atoms with E-state index in [0.29, 0.717) is 19.8 Å². The van der Waals surface area contributed by atoms with Crippen molar-refractivity contribution in [2.45, 2.75) is 45.2 Å². The molecule has 0 saturated carbocycles. The number of nitrogens with zero attached hydrogens (tertiary/aromatic N) is 2. The Labute approximate surface area is 127 Å². The van der Waals surface area contributed by atoms with E-state index in [-0.39, 0.29) is 11.5 Å². The maximum absolute atomic E-state index is 12.0. The molecule has 2 heterocycles. The van der Waals surface area contributed by atoms with Gasteiger partial charge in [-0.2, -0.15) is 4.31 Å². The minimum atomic E-state index is -3.26. The van der Waals surface area contributed by atoms with Gasteiger partial charge in [-0.25, -0.2) is 8.42 Å². The van der Waals surface area contributed by atoms with Gasteiger partial charge in [-0.1, -0.05) is 26.8 Å². The molecular formula is C15H24N2O3S. The van der Waals surface area contributed by atoms with Crippen LogP contribution in [0.4, 0.5) is 0 Å². The standard InChI is InChI=1S/C15H24N2O3S/c1-15(2,3)14-6-5-12(9-16-14)10-17(21(4,18)19)13-7-8-20-11-13/h5-6,9,13H,7-8,10-11H2,1-4H3. The lowest BCUT2D eigenvalue weighted by molar-refractivity contribution is 0.175. The van der Waals surface area contributed by atoms with Gasteiger partial charge in [0, 0.05) is 30.5 Å². The molecule has 1 aliphatic rings. The topological polar surface area (TPSA) is 59.5 Å². The molecule has 0 aromatic carbocycles.